The topological polar surface area (TPSA) is 60.4 Å². The zero-order valence-electron chi connectivity index (χ0n) is 18.1. The molecule has 2 aromatic rings. The Labute approximate surface area is 197 Å². The number of ketones is 3. The van der Waals surface area contributed by atoms with Gasteiger partial charge in [0, 0.05) is 26.2 Å². The number of rotatable bonds is 4. The molecule has 160 valence electrons. The summed E-state index contributed by atoms with van der Waals surface area (Å²) < 4.78 is 7.31. The van der Waals surface area contributed by atoms with Gasteiger partial charge < -0.3 is 4.43 Å². The number of carbonyl (C=O) groups is 3. The molecule has 0 aliphatic heterocycles. The van der Waals surface area contributed by atoms with Gasteiger partial charge in [0.2, 0.25) is 0 Å². The summed E-state index contributed by atoms with van der Waals surface area (Å²) >= 11 is 2.12. The molecule has 0 saturated carbocycles. The van der Waals surface area contributed by atoms with Crippen LogP contribution in [0.4, 0.5) is 0 Å². The predicted molar refractivity (Wildman–Crippen MR) is 131 cm³/mol. The maximum absolute atomic E-state index is 14.3. The monoisotopic (exact) mass is 544 g/mol. The molecule has 4 rings (SSSR count). The second-order valence-electron chi connectivity index (χ2n) is 9.26. The maximum Gasteiger partial charge on any atom is 0.184 e. The van der Waals surface area contributed by atoms with Gasteiger partial charge in [-0.1, -0.05) is 48.5 Å². The first kappa shape index (κ1) is 22.3. The van der Waals surface area contributed by atoms with Gasteiger partial charge >= 0.3 is 0 Å². The molecular weight excluding hydrogens is 519 g/mol. The minimum Gasteiger partial charge on any atom is -0.410 e. The van der Waals surface area contributed by atoms with E-state index in [0.717, 1.165) is 9.14 Å². The molecule has 0 spiro atoms. The molecule has 0 bridgehead atoms. The molecule has 2 aliphatic rings. The first-order valence-corrected chi connectivity index (χ1v) is 14.9. The summed E-state index contributed by atoms with van der Waals surface area (Å²) in [5, 5.41) is 0. The number of carbonyl (C=O) groups excluding carboxylic acids is 3. The average Bonchev–Trinajstić information content (AvgIpc) is 2.72. The molecule has 0 amide bonds. The fourth-order valence-corrected chi connectivity index (χ4v) is 6.54. The van der Waals surface area contributed by atoms with Gasteiger partial charge in [-0.2, -0.15) is 0 Å². The minimum atomic E-state index is -2.17. The molecule has 0 fully saturated rings. The summed E-state index contributed by atoms with van der Waals surface area (Å²) in [6, 6.07) is 14.1. The van der Waals surface area contributed by atoms with Crippen molar-refractivity contribution in [3.05, 3.63) is 80.4 Å². The van der Waals surface area contributed by atoms with E-state index in [1.54, 1.807) is 36.4 Å². The molecule has 3 atom stereocenters. The lowest BCUT2D eigenvalue weighted by Crippen LogP contribution is -2.62. The Kier molecular flexibility index (Phi) is 5.68. The van der Waals surface area contributed by atoms with Crippen LogP contribution in [-0.2, 0) is 4.43 Å². The Morgan fingerprint density at radius 2 is 1.65 bits per heavy atom. The van der Waals surface area contributed by atoms with Gasteiger partial charge in [-0.05, 0) is 67.2 Å². The largest absolute Gasteiger partial charge is 0.410 e. The van der Waals surface area contributed by atoms with Gasteiger partial charge in [0.05, 0.1) is 6.10 Å². The summed E-state index contributed by atoms with van der Waals surface area (Å²) in [7, 11) is -2.17. The lowest BCUT2D eigenvalue weighted by Gasteiger charge is -2.50. The molecule has 0 saturated heterocycles. The molecule has 0 unspecified atom stereocenters. The number of Topliss-reactive ketones (excluding diaryl/α,β-unsaturated/α-hetero) is 3. The van der Waals surface area contributed by atoms with Crippen LogP contribution >= 0.6 is 22.6 Å². The van der Waals surface area contributed by atoms with Crippen LogP contribution < -0.4 is 0 Å². The van der Waals surface area contributed by atoms with E-state index in [1.165, 1.54) is 0 Å². The first-order chi connectivity index (χ1) is 14.6. The van der Waals surface area contributed by atoms with Crippen LogP contribution in [0.25, 0.3) is 0 Å². The van der Waals surface area contributed by atoms with E-state index < -0.39 is 25.8 Å². The average molecular weight is 544 g/mol. The minimum absolute atomic E-state index is 0.151. The summed E-state index contributed by atoms with van der Waals surface area (Å²) in [6.07, 6.45) is 1.56. The number of halogens is 1. The van der Waals surface area contributed by atoms with Gasteiger partial charge in [0.15, 0.2) is 25.7 Å². The number of fused-ring (bicyclic) bond motifs is 2. The van der Waals surface area contributed by atoms with Crippen LogP contribution in [0, 0.1) is 14.9 Å². The van der Waals surface area contributed by atoms with E-state index in [-0.39, 0.29) is 17.3 Å². The van der Waals surface area contributed by atoms with Crippen molar-refractivity contribution in [1.82, 2.24) is 0 Å². The zero-order chi connectivity index (χ0) is 22.6. The van der Waals surface area contributed by atoms with E-state index in [0.29, 0.717) is 23.1 Å². The molecular formula is C25H25IO4Si. The number of hydrogen-bond donors (Lipinski definition) is 0. The highest BCUT2D eigenvalue weighted by Gasteiger charge is 2.64. The summed E-state index contributed by atoms with van der Waals surface area (Å²) in [4.78, 5) is 42.2. The second kappa shape index (κ2) is 7.90. The molecule has 0 N–H and O–H groups in total. The SMILES string of the molecule is CC1=CC[C@H]2C(=O)c3ccccc3C(=O)[C@@]2(C(=O)c2ccccc2I)[C@@H]1O[Si](C)(C)C. The predicted octanol–water partition coefficient (Wildman–Crippen LogP) is 5.73. The number of benzene rings is 2. The van der Waals surface area contributed by atoms with E-state index in [9.17, 15) is 14.4 Å². The fourth-order valence-electron chi connectivity index (χ4n) is 4.82. The summed E-state index contributed by atoms with van der Waals surface area (Å²) in [5.74, 6) is -1.54. The van der Waals surface area contributed by atoms with Crippen molar-refractivity contribution in [2.45, 2.75) is 39.1 Å². The second-order valence-corrected chi connectivity index (χ2v) is 14.9. The number of hydrogen-bond acceptors (Lipinski definition) is 4. The maximum atomic E-state index is 14.3. The molecule has 6 heteroatoms. The van der Waals surface area contributed by atoms with E-state index in [4.69, 9.17) is 4.43 Å². The molecule has 2 aromatic carbocycles. The van der Waals surface area contributed by atoms with Crippen molar-refractivity contribution >= 4 is 48.3 Å². The highest BCUT2D eigenvalue weighted by Crippen LogP contribution is 2.52. The standard InChI is InChI=1S/C25H25IO4Si/c1-15-13-14-19-21(27)16-9-5-6-10-17(16)22(28)25(19,24(15)30-31(2,3)4)23(29)18-11-7-8-12-20(18)26/h5-13,19,24H,14H2,1-4H3/t19-,24+,25-/m0/s1. The van der Waals surface area contributed by atoms with Crippen molar-refractivity contribution < 1.29 is 18.8 Å². The molecule has 0 radical (unpaired) electrons. The van der Waals surface area contributed by atoms with Crippen LogP contribution in [-0.4, -0.2) is 31.8 Å². The van der Waals surface area contributed by atoms with Crippen molar-refractivity contribution in [2.24, 2.45) is 11.3 Å². The normalized spacial score (nSPS) is 25.5. The third-order valence-electron chi connectivity index (χ3n) is 6.15. The molecule has 31 heavy (non-hydrogen) atoms. The lowest BCUT2D eigenvalue weighted by molar-refractivity contribution is 0.0136. The Hall–Kier alpha value is -1.90. The molecule has 4 nitrogen and oxygen atoms in total. The van der Waals surface area contributed by atoms with Crippen molar-refractivity contribution in [3.63, 3.8) is 0 Å². The van der Waals surface area contributed by atoms with E-state index in [2.05, 4.69) is 22.6 Å². The number of allylic oxidation sites excluding steroid dienone is 1. The third-order valence-corrected chi connectivity index (χ3v) is 8.03. The van der Waals surface area contributed by atoms with Crippen molar-refractivity contribution in [1.29, 1.82) is 0 Å². The van der Waals surface area contributed by atoms with Crippen molar-refractivity contribution in [3.8, 4) is 0 Å². The lowest BCUT2D eigenvalue weighted by atomic mass is 9.53. The Morgan fingerprint density at radius 3 is 2.29 bits per heavy atom. The third kappa shape index (κ3) is 3.49. The van der Waals surface area contributed by atoms with Gasteiger partial charge in [0.25, 0.3) is 0 Å². The molecule has 0 heterocycles. The van der Waals surface area contributed by atoms with Gasteiger partial charge in [0.1, 0.15) is 5.41 Å². The van der Waals surface area contributed by atoms with Gasteiger partial charge in [-0.3, -0.25) is 14.4 Å². The Bertz CT molecular complexity index is 1130. The highest BCUT2D eigenvalue weighted by atomic mass is 127. The summed E-state index contributed by atoms with van der Waals surface area (Å²) in [5.41, 5.74) is 0.447. The van der Waals surface area contributed by atoms with E-state index >= 15 is 0 Å². The quantitative estimate of drug-likeness (QED) is 0.162. The van der Waals surface area contributed by atoms with E-state index in [1.807, 2.05) is 44.8 Å². The van der Waals surface area contributed by atoms with Gasteiger partial charge in [-0.15, -0.1) is 0 Å². The van der Waals surface area contributed by atoms with Crippen LogP contribution in [0.1, 0.15) is 44.4 Å². The zero-order valence-corrected chi connectivity index (χ0v) is 21.2. The van der Waals surface area contributed by atoms with Crippen LogP contribution in [0.3, 0.4) is 0 Å². The smallest absolute Gasteiger partial charge is 0.184 e. The van der Waals surface area contributed by atoms with Crippen LogP contribution in [0.5, 0.6) is 0 Å². The first-order valence-electron chi connectivity index (χ1n) is 10.4. The van der Waals surface area contributed by atoms with Gasteiger partial charge in [-0.25, -0.2) is 0 Å². The Balaban J connectivity index is 2.04. The Morgan fingerprint density at radius 1 is 1.03 bits per heavy atom. The highest BCUT2D eigenvalue weighted by molar-refractivity contribution is 14.1. The fraction of sp³-hybridized carbons (Fsp3) is 0.320. The molecule has 0 aromatic heterocycles. The summed E-state index contributed by atoms with van der Waals surface area (Å²) in [6.45, 7) is 8.02. The van der Waals surface area contributed by atoms with Crippen molar-refractivity contribution in [2.75, 3.05) is 0 Å². The molecule has 2 aliphatic carbocycles. The van der Waals surface area contributed by atoms with Crippen LogP contribution in [0.15, 0.2) is 60.2 Å². The van der Waals surface area contributed by atoms with Crippen LogP contribution in [0.2, 0.25) is 19.6 Å².